The summed E-state index contributed by atoms with van der Waals surface area (Å²) in [6.45, 7) is 12.2. The van der Waals surface area contributed by atoms with Gasteiger partial charge >= 0.3 is 0 Å². The summed E-state index contributed by atoms with van der Waals surface area (Å²) in [5, 5.41) is 10.4. The first-order valence-electron chi connectivity index (χ1n) is 9.30. The van der Waals surface area contributed by atoms with Gasteiger partial charge in [-0.3, -0.25) is 9.69 Å². The summed E-state index contributed by atoms with van der Waals surface area (Å²) < 4.78 is 5.92. The fraction of sp³-hybridized carbons (Fsp3) is 0.650. The van der Waals surface area contributed by atoms with Crippen LogP contribution in [0.4, 0.5) is 0 Å². The van der Waals surface area contributed by atoms with Crippen LogP contribution in [-0.4, -0.2) is 66.2 Å². The Labute approximate surface area is 151 Å². The van der Waals surface area contributed by atoms with Gasteiger partial charge in [-0.2, -0.15) is 0 Å². The molecule has 1 aromatic carbocycles. The number of carbonyl (C=O) groups is 1. The fourth-order valence-corrected chi connectivity index (χ4v) is 3.30. The van der Waals surface area contributed by atoms with E-state index in [1.165, 1.54) is 5.56 Å². The van der Waals surface area contributed by atoms with E-state index in [2.05, 4.69) is 30.9 Å². The summed E-state index contributed by atoms with van der Waals surface area (Å²) >= 11 is 0. The number of ether oxygens (including phenoxy) is 1. The van der Waals surface area contributed by atoms with Gasteiger partial charge in [-0.05, 0) is 50.4 Å². The van der Waals surface area contributed by atoms with Gasteiger partial charge in [0.2, 0.25) is 5.91 Å². The van der Waals surface area contributed by atoms with Crippen LogP contribution in [0.5, 0.6) is 5.75 Å². The number of nitrogens with zero attached hydrogens (tertiary/aromatic N) is 2. The van der Waals surface area contributed by atoms with Crippen molar-refractivity contribution in [2.24, 2.45) is 0 Å². The van der Waals surface area contributed by atoms with Crippen LogP contribution in [0.1, 0.15) is 36.5 Å². The smallest absolute Gasteiger partial charge is 0.222 e. The first kappa shape index (κ1) is 19.7. The van der Waals surface area contributed by atoms with Crippen molar-refractivity contribution >= 4 is 5.91 Å². The van der Waals surface area contributed by atoms with Crippen molar-refractivity contribution in [1.29, 1.82) is 0 Å². The van der Waals surface area contributed by atoms with Gasteiger partial charge in [0, 0.05) is 32.6 Å². The molecule has 0 aliphatic carbocycles. The quantitative estimate of drug-likeness (QED) is 0.857. The number of aliphatic hydroxyl groups excluding tert-OH is 1. The van der Waals surface area contributed by atoms with Crippen LogP contribution >= 0.6 is 0 Å². The van der Waals surface area contributed by atoms with Gasteiger partial charge < -0.3 is 14.7 Å². The third kappa shape index (κ3) is 5.44. The van der Waals surface area contributed by atoms with Crippen LogP contribution in [0.3, 0.4) is 0 Å². The van der Waals surface area contributed by atoms with E-state index in [0.29, 0.717) is 19.6 Å². The van der Waals surface area contributed by atoms with Crippen LogP contribution in [-0.2, 0) is 4.79 Å². The standard InChI is InChI=1S/C20H32N2O3/c1-5-19(24)22-10-6-9-21(11-12-22)13-18(23)14-25-20-16(3)8-7-15(2)17(20)4/h7-8,18,23H,5-6,9-14H2,1-4H3. The summed E-state index contributed by atoms with van der Waals surface area (Å²) in [7, 11) is 0. The first-order chi connectivity index (χ1) is 11.9. The van der Waals surface area contributed by atoms with Crippen LogP contribution < -0.4 is 4.74 Å². The van der Waals surface area contributed by atoms with Crippen molar-refractivity contribution in [2.75, 3.05) is 39.3 Å². The molecular formula is C20H32N2O3. The molecule has 0 saturated carbocycles. The number of aryl methyl sites for hydroxylation is 2. The molecule has 0 bridgehead atoms. The average molecular weight is 348 g/mol. The molecule has 1 N–H and O–H groups in total. The number of β-amino-alcohol motifs (C(OH)–C–C–N with tert-alkyl or cyclic N) is 1. The van der Waals surface area contributed by atoms with Gasteiger partial charge in [0.1, 0.15) is 18.5 Å². The van der Waals surface area contributed by atoms with E-state index in [9.17, 15) is 9.90 Å². The van der Waals surface area contributed by atoms with E-state index in [-0.39, 0.29) is 5.91 Å². The normalized spacial score (nSPS) is 17.2. The molecule has 2 rings (SSSR count). The van der Waals surface area contributed by atoms with Crippen molar-refractivity contribution in [1.82, 2.24) is 9.80 Å². The van der Waals surface area contributed by atoms with E-state index >= 15 is 0 Å². The summed E-state index contributed by atoms with van der Waals surface area (Å²) in [4.78, 5) is 16.0. The second-order valence-corrected chi connectivity index (χ2v) is 7.01. The third-order valence-electron chi connectivity index (χ3n) is 5.01. The number of carbonyl (C=O) groups excluding carboxylic acids is 1. The molecule has 5 heteroatoms. The Hall–Kier alpha value is -1.59. The topological polar surface area (TPSA) is 53.0 Å². The van der Waals surface area contributed by atoms with Gasteiger partial charge in [0.15, 0.2) is 0 Å². The summed E-state index contributed by atoms with van der Waals surface area (Å²) in [6, 6.07) is 4.15. The summed E-state index contributed by atoms with van der Waals surface area (Å²) in [5.41, 5.74) is 3.43. The molecule has 140 valence electrons. The highest BCUT2D eigenvalue weighted by Gasteiger charge is 2.20. The van der Waals surface area contributed by atoms with Gasteiger partial charge in [-0.1, -0.05) is 19.1 Å². The maximum Gasteiger partial charge on any atom is 0.222 e. The molecule has 1 heterocycles. The minimum atomic E-state index is -0.535. The zero-order chi connectivity index (χ0) is 18.4. The first-order valence-corrected chi connectivity index (χ1v) is 9.30. The predicted molar refractivity (Wildman–Crippen MR) is 100 cm³/mol. The zero-order valence-corrected chi connectivity index (χ0v) is 16.0. The number of aliphatic hydroxyl groups is 1. The molecular weight excluding hydrogens is 316 g/mol. The van der Waals surface area contributed by atoms with Crippen LogP contribution in [0.15, 0.2) is 12.1 Å². The Morgan fingerprint density at radius 2 is 1.88 bits per heavy atom. The Balaban J connectivity index is 1.84. The molecule has 1 aliphatic rings. The number of benzene rings is 1. The average Bonchev–Trinajstić information content (AvgIpc) is 2.83. The highest BCUT2D eigenvalue weighted by atomic mass is 16.5. The van der Waals surface area contributed by atoms with Crippen LogP contribution in [0, 0.1) is 20.8 Å². The minimum absolute atomic E-state index is 0.219. The van der Waals surface area contributed by atoms with Gasteiger partial charge in [-0.15, -0.1) is 0 Å². The zero-order valence-electron chi connectivity index (χ0n) is 16.0. The number of hydrogen-bond acceptors (Lipinski definition) is 4. The van der Waals surface area contributed by atoms with Crippen LogP contribution in [0.25, 0.3) is 0 Å². The highest BCUT2D eigenvalue weighted by Crippen LogP contribution is 2.25. The lowest BCUT2D eigenvalue weighted by Crippen LogP contribution is -2.39. The van der Waals surface area contributed by atoms with Crippen molar-refractivity contribution in [3.05, 3.63) is 28.8 Å². The molecule has 1 atom stereocenters. The van der Waals surface area contributed by atoms with Gasteiger partial charge in [0.25, 0.3) is 0 Å². The lowest BCUT2D eigenvalue weighted by molar-refractivity contribution is -0.130. The van der Waals surface area contributed by atoms with Crippen molar-refractivity contribution < 1.29 is 14.6 Å². The van der Waals surface area contributed by atoms with Gasteiger partial charge in [-0.25, -0.2) is 0 Å². The maximum atomic E-state index is 11.8. The Bertz CT molecular complexity index is 589. The molecule has 1 aromatic rings. The lowest BCUT2D eigenvalue weighted by Gasteiger charge is -2.24. The third-order valence-corrected chi connectivity index (χ3v) is 5.01. The Morgan fingerprint density at radius 1 is 1.16 bits per heavy atom. The van der Waals surface area contributed by atoms with Gasteiger partial charge in [0.05, 0.1) is 0 Å². The molecule has 1 saturated heterocycles. The molecule has 1 unspecified atom stereocenters. The van der Waals surface area contributed by atoms with E-state index in [1.54, 1.807) is 0 Å². The SMILES string of the molecule is CCC(=O)N1CCCN(CC(O)COc2c(C)ccc(C)c2C)CC1. The molecule has 5 nitrogen and oxygen atoms in total. The second kappa shape index (κ2) is 9.20. The largest absolute Gasteiger partial charge is 0.490 e. The number of rotatable bonds is 6. The molecule has 1 fully saturated rings. The van der Waals surface area contributed by atoms with Crippen molar-refractivity contribution in [2.45, 2.75) is 46.6 Å². The summed E-state index contributed by atoms with van der Waals surface area (Å²) in [6.07, 6.45) is 0.980. The van der Waals surface area contributed by atoms with Crippen molar-refractivity contribution in [3.63, 3.8) is 0 Å². The Kier molecular flexibility index (Phi) is 7.26. The van der Waals surface area contributed by atoms with E-state index < -0.39 is 6.10 Å². The van der Waals surface area contributed by atoms with Crippen LogP contribution in [0.2, 0.25) is 0 Å². The predicted octanol–water partition coefficient (Wildman–Crippen LogP) is 2.30. The fourth-order valence-electron chi connectivity index (χ4n) is 3.30. The van der Waals surface area contributed by atoms with E-state index in [0.717, 1.165) is 49.5 Å². The minimum Gasteiger partial charge on any atom is -0.490 e. The molecule has 25 heavy (non-hydrogen) atoms. The van der Waals surface area contributed by atoms with Crippen molar-refractivity contribution in [3.8, 4) is 5.75 Å². The maximum absolute atomic E-state index is 11.8. The molecule has 1 amide bonds. The van der Waals surface area contributed by atoms with E-state index in [4.69, 9.17) is 4.74 Å². The molecule has 0 radical (unpaired) electrons. The number of hydrogen-bond donors (Lipinski definition) is 1. The lowest BCUT2D eigenvalue weighted by atomic mass is 10.1. The molecule has 1 aliphatic heterocycles. The monoisotopic (exact) mass is 348 g/mol. The second-order valence-electron chi connectivity index (χ2n) is 7.01. The molecule has 0 aromatic heterocycles. The molecule has 0 spiro atoms. The Morgan fingerprint density at radius 3 is 2.60 bits per heavy atom. The number of amides is 1. The summed E-state index contributed by atoms with van der Waals surface area (Å²) in [5.74, 6) is 1.10. The van der Waals surface area contributed by atoms with E-state index in [1.807, 2.05) is 18.7 Å². The highest BCUT2D eigenvalue weighted by molar-refractivity contribution is 5.75.